The van der Waals surface area contributed by atoms with E-state index in [0.717, 1.165) is 5.56 Å². The molecule has 0 spiro atoms. The summed E-state index contributed by atoms with van der Waals surface area (Å²) in [5, 5.41) is 2.77. The molecule has 148 valence electrons. The van der Waals surface area contributed by atoms with Crippen LogP contribution in [0.4, 0.5) is 10.1 Å². The Kier molecular flexibility index (Phi) is 6.74. The molecule has 3 aromatic rings. The molecule has 0 fully saturated rings. The summed E-state index contributed by atoms with van der Waals surface area (Å²) in [4.78, 5) is 26.5. The lowest BCUT2D eigenvalue weighted by molar-refractivity contribution is -0.120. The van der Waals surface area contributed by atoms with Crippen LogP contribution in [0.15, 0.2) is 78.9 Å². The molecule has 0 saturated carbocycles. The summed E-state index contributed by atoms with van der Waals surface area (Å²) in [6, 6.07) is 22.5. The summed E-state index contributed by atoms with van der Waals surface area (Å²) in [5.74, 6) is -0.560. The lowest BCUT2D eigenvalue weighted by atomic mass is 10.1. The zero-order valence-electron chi connectivity index (χ0n) is 16.3. The Morgan fingerprint density at radius 2 is 1.62 bits per heavy atom. The molecule has 29 heavy (non-hydrogen) atoms. The third-order valence-corrected chi connectivity index (χ3v) is 4.48. The van der Waals surface area contributed by atoms with Gasteiger partial charge in [-0.25, -0.2) is 4.39 Å². The molecule has 1 N–H and O–H groups in total. The fourth-order valence-electron chi connectivity index (χ4n) is 3.07. The van der Waals surface area contributed by atoms with Gasteiger partial charge in [-0.2, -0.15) is 0 Å². The fourth-order valence-corrected chi connectivity index (χ4v) is 3.07. The van der Waals surface area contributed by atoms with Crippen molar-refractivity contribution >= 4 is 17.5 Å². The lowest BCUT2D eigenvalue weighted by Gasteiger charge is -2.23. The molecule has 0 aliphatic rings. The van der Waals surface area contributed by atoms with E-state index in [4.69, 9.17) is 0 Å². The Hall–Kier alpha value is -3.47. The maximum absolute atomic E-state index is 13.6. The fraction of sp³-hybridized carbons (Fsp3) is 0.167. The van der Waals surface area contributed by atoms with Crippen molar-refractivity contribution in [1.82, 2.24) is 5.32 Å². The molecule has 4 nitrogen and oxygen atoms in total. The summed E-state index contributed by atoms with van der Waals surface area (Å²) >= 11 is 0. The zero-order valence-corrected chi connectivity index (χ0v) is 16.3. The maximum atomic E-state index is 13.6. The molecule has 0 radical (unpaired) electrons. The molecule has 5 heteroatoms. The number of nitrogens with one attached hydrogen (secondary N) is 1. The highest BCUT2D eigenvalue weighted by Crippen LogP contribution is 2.22. The number of likely N-dealkylation sites (N-methyl/N-ethyl adjacent to an activating group) is 1. The molecule has 0 atom stereocenters. The summed E-state index contributed by atoms with van der Waals surface area (Å²) in [7, 11) is 0. The molecule has 0 bridgehead atoms. The van der Waals surface area contributed by atoms with E-state index >= 15 is 0 Å². The van der Waals surface area contributed by atoms with E-state index in [1.54, 1.807) is 29.2 Å². The van der Waals surface area contributed by atoms with Crippen LogP contribution in [0.2, 0.25) is 0 Å². The Morgan fingerprint density at radius 3 is 2.28 bits per heavy atom. The Balaban J connectivity index is 1.88. The first-order valence-corrected chi connectivity index (χ1v) is 9.54. The predicted molar refractivity (Wildman–Crippen MR) is 112 cm³/mol. The van der Waals surface area contributed by atoms with E-state index in [-0.39, 0.29) is 30.6 Å². The minimum Gasteiger partial charge on any atom is -0.356 e. The van der Waals surface area contributed by atoms with Crippen molar-refractivity contribution < 1.29 is 14.0 Å². The first-order chi connectivity index (χ1) is 14.1. The number of hydrogen-bond acceptors (Lipinski definition) is 2. The van der Waals surface area contributed by atoms with Gasteiger partial charge in [0.25, 0.3) is 5.91 Å². The summed E-state index contributed by atoms with van der Waals surface area (Å²) in [6.45, 7) is 2.70. The van der Waals surface area contributed by atoms with Gasteiger partial charge < -0.3 is 10.2 Å². The Bertz CT molecular complexity index is 972. The highest BCUT2D eigenvalue weighted by Gasteiger charge is 2.18. The number of carbonyl (C=O) groups excluding carboxylic acids is 2. The predicted octanol–water partition coefficient (Wildman–Crippen LogP) is 4.35. The van der Waals surface area contributed by atoms with Crippen LogP contribution in [-0.2, 0) is 17.8 Å². The summed E-state index contributed by atoms with van der Waals surface area (Å²) in [6.07, 6.45) is 0.282. The van der Waals surface area contributed by atoms with Crippen molar-refractivity contribution in [2.75, 3.05) is 11.4 Å². The Labute approximate surface area is 170 Å². The third kappa shape index (κ3) is 5.51. The number of rotatable bonds is 7. The topological polar surface area (TPSA) is 49.4 Å². The average Bonchev–Trinajstić information content (AvgIpc) is 2.73. The second-order valence-corrected chi connectivity index (χ2v) is 6.68. The van der Waals surface area contributed by atoms with E-state index in [0.29, 0.717) is 23.4 Å². The van der Waals surface area contributed by atoms with Crippen LogP contribution in [-0.4, -0.2) is 18.4 Å². The van der Waals surface area contributed by atoms with Gasteiger partial charge in [0.05, 0.1) is 13.0 Å². The van der Waals surface area contributed by atoms with Crippen LogP contribution in [0.25, 0.3) is 0 Å². The highest BCUT2D eigenvalue weighted by molar-refractivity contribution is 6.06. The molecule has 3 aromatic carbocycles. The van der Waals surface area contributed by atoms with Gasteiger partial charge in [0.15, 0.2) is 0 Å². The molecular weight excluding hydrogens is 367 g/mol. The van der Waals surface area contributed by atoms with Gasteiger partial charge in [0, 0.05) is 17.8 Å². The first-order valence-electron chi connectivity index (χ1n) is 9.54. The normalized spacial score (nSPS) is 10.4. The second-order valence-electron chi connectivity index (χ2n) is 6.68. The lowest BCUT2D eigenvalue weighted by Crippen LogP contribution is -2.30. The van der Waals surface area contributed by atoms with Gasteiger partial charge >= 0.3 is 0 Å². The number of benzene rings is 3. The van der Waals surface area contributed by atoms with E-state index < -0.39 is 0 Å². The van der Waals surface area contributed by atoms with Crippen molar-refractivity contribution in [3.8, 4) is 0 Å². The highest BCUT2D eigenvalue weighted by atomic mass is 19.1. The van der Waals surface area contributed by atoms with Gasteiger partial charge in [-0.05, 0) is 54.4 Å². The monoisotopic (exact) mass is 390 g/mol. The quantitative estimate of drug-likeness (QED) is 0.652. The van der Waals surface area contributed by atoms with Crippen LogP contribution < -0.4 is 10.2 Å². The van der Waals surface area contributed by atoms with Crippen molar-refractivity contribution in [1.29, 1.82) is 0 Å². The van der Waals surface area contributed by atoms with Crippen molar-refractivity contribution in [2.24, 2.45) is 0 Å². The van der Waals surface area contributed by atoms with E-state index in [2.05, 4.69) is 5.32 Å². The number of halogens is 1. The molecule has 0 unspecified atom stereocenters. The standard InChI is InChI=1S/C24H23FN2O2/c1-2-26-23(28)16-18-11-13-22(14-12-18)27(17-19-7-6-10-21(25)15-19)24(29)20-8-4-3-5-9-20/h3-15H,2,16-17H2,1H3,(H,26,28). The van der Waals surface area contributed by atoms with Crippen LogP contribution in [0.3, 0.4) is 0 Å². The number of hydrogen-bond donors (Lipinski definition) is 1. The number of carbonyl (C=O) groups is 2. The third-order valence-electron chi connectivity index (χ3n) is 4.48. The van der Waals surface area contributed by atoms with Crippen molar-refractivity contribution in [2.45, 2.75) is 19.9 Å². The van der Waals surface area contributed by atoms with Crippen LogP contribution >= 0.6 is 0 Å². The molecule has 0 heterocycles. The van der Waals surface area contributed by atoms with Crippen LogP contribution in [0, 0.1) is 5.82 Å². The van der Waals surface area contributed by atoms with Gasteiger partial charge in [0.2, 0.25) is 5.91 Å². The van der Waals surface area contributed by atoms with Crippen molar-refractivity contribution in [3.05, 3.63) is 101 Å². The number of nitrogens with zero attached hydrogens (tertiary/aromatic N) is 1. The first kappa shape index (κ1) is 20.3. The number of anilines is 1. The van der Waals surface area contributed by atoms with Gasteiger partial charge in [-0.3, -0.25) is 9.59 Å². The van der Waals surface area contributed by atoms with Crippen LogP contribution in [0.1, 0.15) is 28.4 Å². The molecule has 0 aliphatic heterocycles. The maximum Gasteiger partial charge on any atom is 0.258 e. The molecule has 2 amide bonds. The smallest absolute Gasteiger partial charge is 0.258 e. The van der Waals surface area contributed by atoms with Gasteiger partial charge in [0.1, 0.15) is 5.82 Å². The van der Waals surface area contributed by atoms with Gasteiger partial charge in [-0.15, -0.1) is 0 Å². The number of amides is 2. The zero-order chi connectivity index (χ0) is 20.6. The minimum atomic E-state index is -0.341. The minimum absolute atomic E-state index is 0.0442. The molecule has 3 rings (SSSR count). The molecule has 0 aromatic heterocycles. The summed E-state index contributed by atoms with van der Waals surface area (Å²) < 4.78 is 13.6. The van der Waals surface area contributed by atoms with E-state index in [1.807, 2.05) is 49.4 Å². The average molecular weight is 390 g/mol. The van der Waals surface area contributed by atoms with E-state index in [9.17, 15) is 14.0 Å². The molecule has 0 saturated heterocycles. The van der Waals surface area contributed by atoms with Crippen molar-refractivity contribution in [3.63, 3.8) is 0 Å². The van der Waals surface area contributed by atoms with E-state index in [1.165, 1.54) is 12.1 Å². The van der Waals surface area contributed by atoms with Crippen LogP contribution in [0.5, 0.6) is 0 Å². The molecule has 0 aliphatic carbocycles. The SMILES string of the molecule is CCNC(=O)Cc1ccc(N(Cc2cccc(F)c2)C(=O)c2ccccc2)cc1. The molecular formula is C24H23FN2O2. The summed E-state index contributed by atoms with van der Waals surface area (Å²) in [5.41, 5.74) is 2.79. The largest absolute Gasteiger partial charge is 0.356 e. The Morgan fingerprint density at radius 1 is 0.897 bits per heavy atom. The second kappa shape index (κ2) is 9.64. The van der Waals surface area contributed by atoms with Gasteiger partial charge in [-0.1, -0.05) is 42.5 Å².